The minimum atomic E-state index is 0.200. The van der Waals surface area contributed by atoms with E-state index in [1.54, 1.807) is 14.2 Å². The summed E-state index contributed by atoms with van der Waals surface area (Å²) in [5, 5.41) is 0. The number of hydrogen-bond acceptors (Lipinski definition) is 2. The van der Waals surface area contributed by atoms with E-state index in [2.05, 4.69) is 81.4 Å². The molecule has 0 aliphatic carbocycles. The van der Waals surface area contributed by atoms with E-state index in [-0.39, 0.29) is 5.92 Å². The maximum atomic E-state index is 5.73. The molecule has 0 saturated carbocycles. The third-order valence-corrected chi connectivity index (χ3v) is 5.36. The van der Waals surface area contributed by atoms with Gasteiger partial charge in [-0.1, -0.05) is 65.2 Å². The second-order valence-electron chi connectivity index (χ2n) is 7.57. The normalized spacial score (nSPS) is 10.9. The van der Waals surface area contributed by atoms with Crippen molar-refractivity contribution in [1.82, 2.24) is 0 Å². The lowest BCUT2D eigenvalue weighted by atomic mass is 9.84. The van der Waals surface area contributed by atoms with Crippen LogP contribution in [0.15, 0.2) is 60.7 Å². The third kappa shape index (κ3) is 4.56. The molecule has 2 nitrogen and oxygen atoms in total. The second kappa shape index (κ2) is 8.97. The van der Waals surface area contributed by atoms with Gasteiger partial charge in [-0.15, -0.1) is 0 Å². The zero-order valence-electron chi connectivity index (χ0n) is 17.6. The molecule has 0 saturated heterocycles. The molecular weight excluding hydrogens is 344 g/mol. The van der Waals surface area contributed by atoms with Gasteiger partial charge in [0.25, 0.3) is 0 Å². The van der Waals surface area contributed by atoms with Crippen LogP contribution in [-0.4, -0.2) is 14.2 Å². The molecular formula is C26H30O2. The van der Waals surface area contributed by atoms with Crippen molar-refractivity contribution in [1.29, 1.82) is 0 Å². The van der Waals surface area contributed by atoms with Crippen molar-refractivity contribution in [3.8, 4) is 11.5 Å². The lowest BCUT2D eigenvalue weighted by Gasteiger charge is -2.23. The van der Waals surface area contributed by atoms with E-state index in [9.17, 15) is 0 Å². The lowest BCUT2D eigenvalue weighted by molar-refractivity contribution is 0.398. The average Bonchev–Trinajstić information content (AvgIpc) is 2.70. The highest BCUT2D eigenvalue weighted by molar-refractivity contribution is 5.49. The fourth-order valence-corrected chi connectivity index (χ4v) is 3.80. The number of aryl methyl sites for hydroxylation is 4. The molecule has 0 heterocycles. The SMILES string of the molecule is COc1ccc(C)cc1C(CCc1ccc(C)cc1)c1cc(C)ccc1OC. The summed E-state index contributed by atoms with van der Waals surface area (Å²) in [6, 6.07) is 21.7. The van der Waals surface area contributed by atoms with Crippen molar-refractivity contribution >= 4 is 0 Å². The van der Waals surface area contributed by atoms with Gasteiger partial charge in [-0.05, 0) is 51.3 Å². The highest BCUT2D eigenvalue weighted by Gasteiger charge is 2.22. The van der Waals surface area contributed by atoms with Gasteiger partial charge in [0.05, 0.1) is 14.2 Å². The Labute approximate surface area is 169 Å². The quantitative estimate of drug-likeness (QED) is 0.477. The molecule has 0 aliphatic heterocycles. The van der Waals surface area contributed by atoms with Gasteiger partial charge in [0, 0.05) is 17.0 Å². The van der Waals surface area contributed by atoms with Crippen LogP contribution in [0.3, 0.4) is 0 Å². The Kier molecular flexibility index (Phi) is 6.41. The molecule has 3 aromatic carbocycles. The van der Waals surface area contributed by atoms with E-state index in [1.165, 1.54) is 33.4 Å². The van der Waals surface area contributed by atoms with Crippen molar-refractivity contribution in [2.45, 2.75) is 39.5 Å². The minimum absolute atomic E-state index is 0.200. The zero-order valence-corrected chi connectivity index (χ0v) is 17.6. The first-order valence-corrected chi connectivity index (χ1v) is 9.86. The van der Waals surface area contributed by atoms with Gasteiger partial charge in [0.15, 0.2) is 0 Å². The van der Waals surface area contributed by atoms with Crippen molar-refractivity contribution in [3.05, 3.63) is 94.0 Å². The Morgan fingerprint density at radius 3 is 1.57 bits per heavy atom. The van der Waals surface area contributed by atoms with Crippen molar-refractivity contribution in [2.75, 3.05) is 14.2 Å². The topological polar surface area (TPSA) is 18.5 Å². The molecule has 3 aromatic rings. The first-order chi connectivity index (χ1) is 13.5. The standard InChI is InChI=1S/C26H30O2/c1-18-6-10-21(11-7-18)12-13-22(23-16-19(2)8-14-25(23)27-4)24-17-20(3)9-15-26(24)28-5/h6-11,14-17,22H,12-13H2,1-5H3. The first-order valence-electron chi connectivity index (χ1n) is 9.86. The fraction of sp³-hybridized carbons (Fsp3) is 0.308. The number of ether oxygens (including phenoxy) is 2. The Morgan fingerprint density at radius 1 is 0.643 bits per heavy atom. The molecule has 0 bridgehead atoms. The summed E-state index contributed by atoms with van der Waals surface area (Å²) in [5.41, 5.74) is 7.57. The number of methoxy groups -OCH3 is 2. The summed E-state index contributed by atoms with van der Waals surface area (Å²) in [4.78, 5) is 0. The molecule has 0 amide bonds. The molecule has 3 rings (SSSR count). The summed E-state index contributed by atoms with van der Waals surface area (Å²) in [6.45, 7) is 6.39. The monoisotopic (exact) mass is 374 g/mol. The van der Waals surface area contributed by atoms with E-state index in [4.69, 9.17) is 9.47 Å². The smallest absolute Gasteiger partial charge is 0.122 e. The molecule has 0 spiro atoms. The number of benzene rings is 3. The van der Waals surface area contributed by atoms with E-state index in [1.807, 2.05) is 0 Å². The van der Waals surface area contributed by atoms with E-state index < -0.39 is 0 Å². The molecule has 0 aliphatic rings. The van der Waals surface area contributed by atoms with Crippen LogP contribution in [0.5, 0.6) is 11.5 Å². The van der Waals surface area contributed by atoms with Crippen LogP contribution in [0.4, 0.5) is 0 Å². The van der Waals surface area contributed by atoms with Crippen molar-refractivity contribution in [3.63, 3.8) is 0 Å². The molecule has 0 atom stereocenters. The highest BCUT2D eigenvalue weighted by Crippen LogP contribution is 2.40. The van der Waals surface area contributed by atoms with Gasteiger partial charge < -0.3 is 9.47 Å². The van der Waals surface area contributed by atoms with Crippen LogP contribution in [0.25, 0.3) is 0 Å². The van der Waals surface area contributed by atoms with E-state index in [0.29, 0.717) is 0 Å². The van der Waals surface area contributed by atoms with Crippen LogP contribution >= 0.6 is 0 Å². The second-order valence-corrected chi connectivity index (χ2v) is 7.57. The largest absolute Gasteiger partial charge is 0.496 e. The van der Waals surface area contributed by atoms with Gasteiger partial charge in [0.2, 0.25) is 0 Å². The maximum absolute atomic E-state index is 5.73. The van der Waals surface area contributed by atoms with Crippen LogP contribution < -0.4 is 9.47 Å². The molecule has 146 valence electrons. The van der Waals surface area contributed by atoms with Crippen LogP contribution in [0, 0.1) is 20.8 Å². The van der Waals surface area contributed by atoms with Gasteiger partial charge >= 0.3 is 0 Å². The van der Waals surface area contributed by atoms with Gasteiger partial charge in [-0.3, -0.25) is 0 Å². The molecule has 0 unspecified atom stereocenters. The van der Waals surface area contributed by atoms with E-state index >= 15 is 0 Å². The Bertz CT molecular complexity index is 872. The molecule has 2 heteroatoms. The molecule has 28 heavy (non-hydrogen) atoms. The summed E-state index contributed by atoms with van der Waals surface area (Å²) in [7, 11) is 3.50. The molecule has 0 radical (unpaired) electrons. The Hall–Kier alpha value is -2.74. The van der Waals surface area contributed by atoms with Gasteiger partial charge in [-0.2, -0.15) is 0 Å². The van der Waals surface area contributed by atoms with Crippen LogP contribution in [-0.2, 0) is 6.42 Å². The highest BCUT2D eigenvalue weighted by atomic mass is 16.5. The third-order valence-electron chi connectivity index (χ3n) is 5.36. The summed E-state index contributed by atoms with van der Waals surface area (Å²) < 4.78 is 11.5. The summed E-state index contributed by atoms with van der Waals surface area (Å²) >= 11 is 0. The zero-order chi connectivity index (χ0) is 20.1. The Morgan fingerprint density at radius 2 is 1.11 bits per heavy atom. The average molecular weight is 375 g/mol. The van der Waals surface area contributed by atoms with E-state index in [0.717, 1.165) is 24.3 Å². The predicted molar refractivity (Wildman–Crippen MR) is 117 cm³/mol. The summed E-state index contributed by atoms with van der Waals surface area (Å²) in [5.74, 6) is 2.07. The lowest BCUT2D eigenvalue weighted by Crippen LogP contribution is -2.08. The minimum Gasteiger partial charge on any atom is -0.496 e. The number of hydrogen-bond donors (Lipinski definition) is 0. The molecule has 0 fully saturated rings. The maximum Gasteiger partial charge on any atom is 0.122 e. The Balaban J connectivity index is 2.05. The van der Waals surface area contributed by atoms with Crippen LogP contribution in [0.2, 0.25) is 0 Å². The fourth-order valence-electron chi connectivity index (χ4n) is 3.80. The molecule has 0 aromatic heterocycles. The van der Waals surface area contributed by atoms with Crippen LogP contribution in [0.1, 0.15) is 45.7 Å². The predicted octanol–water partition coefficient (Wildman–Crippen LogP) is 6.39. The first kappa shape index (κ1) is 20.0. The van der Waals surface area contributed by atoms with Crippen molar-refractivity contribution in [2.24, 2.45) is 0 Å². The van der Waals surface area contributed by atoms with Crippen molar-refractivity contribution < 1.29 is 9.47 Å². The summed E-state index contributed by atoms with van der Waals surface area (Å²) in [6.07, 6.45) is 1.99. The number of rotatable bonds is 7. The van der Waals surface area contributed by atoms with Gasteiger partial charge in [0.1, 0.15) is 11.5 Å². The van der Waals surface area contributed by atoms with Gasteiger partial charge in [-0.25, -0.2) is 0 Å². The molecule has 0 N–H and O–H groups in total.